The monoisotopic (exact) mass is 357 g/mol. The Bertz CT molecular complexity index is 743. The van der Waals surface area contributed by atoms with Crippen LogP contribution in [0.3, 0.4) is 0 Å². The van der Waals surface area contributed by atoms with E-state index in [9.17, 15) is 0 Å². The van der Waals surface area contributed by atoms with Crippen LogP contribution in [0.5, 0.6) is 11.5 Å². The van der Waals surface area contributed by atoms with Crippen molar-refractivity contribution in [3.8, 4) is 11.5 Å². The second-order valence-corrected chi connectivity index (χ2v) is 6.38. The standard InChI is InChI=1S/C21H24ClNO2/c1-3-24-19-13-16-10-11-23-21(17(16)14-20(19)25-4-2)18(22)12-15-8-6-5-7-9-15/h5-9,12-14,21,23H,3-4,10-11H2,1-2H3/b18-12-/t21-/m1/s1. The van der Waals surface area contributed by atoms with Crippen LogP contribution >= 0.6 is 11.6 Å². The Hall–Kier alpha value is -1.97. The van der Waals surface area contributed by atoms with Crippen LogP contribution in [0.2, 0.25) is 0 Å². The van der Waals surface area contributed by atoms with Crippen molar-refractivity contribution in [2.24, 2.45) is 0 Å². The maximum Gasteiger partial charge on any atom is 0.161 e. The summed E-state index contributed by atoms with van der Waals surface area (Å²) in [7, 11) is 0. The topological polar surface area (TPSA) is 30.5 Å². The predicted molar refractivity (Wildman–Crippen MR) is 103 cm³/mol. The second kappa shape index (κ2) is 8.41. The van der Waals surface area contributed by atoms with Crippen LogP contribution in [0.25, 0.3) is 6.08 Å². The molecule has 0 fully saturated rings. The molecule has 1 aliphatic heterocycles. The van der Waals surface area contributed by atoms with Gasteiger partial charge in [-0.1, -0.05) is 41.9 Å². The first-order valence-corrected chi connectivity index (χ1v) is 9.18. The zero-order valence-corrected chi connectivity index (χ0v) is 15.5. The highest BCUT2D eigenvalue weighted by atomic mass is 35.5. The molecule has 0 saturated heterocycles. The van der Waals surface area contributed by atoms with Gasteiger partial charge < -0.3 is 14.8 Å². The molecule has 0 unspecified atom stereocenters. The van der Waals surface area contributed by atoms with Gasteiger partial charge in [0.1, 0.15) is 0 Å². The highest BCUT2D eigenvalue weighted by molar-refractivity contribution is 6.32. The number of hydrogen-bond acceptors (Lipinski definition) is 3. The normalized spacial score (nSPS) is 17.1. The van der Waals surface area contributed by atoms with Crippen LogP contribution in [-0.4, -0.2) is 19.8 Å². The van der Waals surface area contributed by atoms with Crippen molar-refractivity contribution in [3.63, 3.8) is 0 Å². The average Bonchev–Trinajstić information content (AvgIpc) is 2.63. The minimum Gasteiger partial charge on any atom is -0.490 e. The summed E-state index contributed by atoms with van der Waals surface area (Å²) < 4.78 is 11.5. The van der Waals surface area contributed by atoms with Gasteiger partial charge in [0.25, 0.3) is 0 Å². The maximum atomic E-state index is 6.68. The molecule has 4 heteroatoms. The fourth-order valence-electron chi connectivity index (χ4n) is 3.14. The summed E-state index contributed by atoms with van der Waals surface area (Å²) in [6.45, 7) is 6.07. The molecule has 1 N–H and O–H groups in total. The van der Waals surface area contributed by atoms with Crippen LogP contribution in [0.1, 0.15) is 36.6 Å². The Kier molecular flexibility index (Phi) is 6.00. The van der Waals surface area contributed by atoms with E-state index in [1.54, 1.807) is 0 Å². The van der Waals surface area contributed by atoms with Gasteiger partial charge >= 0.3 is 0 Å². The summed E-state index contributed by atoms with van der Waals surface area (Å²) >= 11 is 6.68. The van der Waals surface area contributed by atoms with E-state index in [1.165, 1.54) is 5.56 Å². The van der Waals surface area contributed by atoms with Gasteiger partial charge in [0.15, 0.2) is 11.5 Å². The van der Waals surface area contributed by atoms with Crippen molar-refractivity contribution >= 4 is 17.7 Å². The maximum absolute atomic E-state index is 6.68. The van der Waals surface area contributed by atoms with Gasteiger partial charge in [-0.25, -0.2) is 0 Å². The van der Waals surface area contributed by atoms with Gasteiger partial charge in [-0.2, -0.15) is 0 Å². The van der Waals surface area contributed by atoms with Crippen LogP contribution in [0, 0.1) is 0 Å². The van der Waals surface area contributed by atoms with Gasteiger partial charge in [0.05, 0.1) is 19.3 Å². The first kappa shape index (κ1) is 17.8. The molecule has 1 atom stereocenters. The molecule has 2 aromatic carbocycles. The Morgan fingerprint density at radius 3 is 2.48 bits per heavy atom. The van der Waals surface area contributed by atoms with E-state index >= 15 is 0 Å². The lowest BCUT2D eigenvalue weighted by atomic mass is 9.92. The quantitative estimate of drug-likeness (QED) is 0.793. The lowest BCUT2D eigenvalue weighted by Crippen LogP contribution is -2.30. The van der Waals surface area contributed by atoms with E-state index in [-0.39, 0.29) is 6.04 Å². The zero-order valence-electron chi connectivity index (χ0n) is 14.7. The van der Waals surface area contributed by atoms with Gasteiger partial charge in [-0.05, 0) is 55.2 Å². The van der Waals surface area contributed by atoms with Crippen LogP contribution < -0.4 is 14.8 Å². The molecule has 0 aromatic heterocycles. The summed E-state index contributed by atoms with van der Waals surface area (Å²) in [5.74, 6) is 1.59. The molecule has 3 nitrogen and oxygen atoms in total. The van der Waals surface area contributed by atoms with E-state index < -0.39 is 0 Å². The summed E-state index contributed by atoms with van der Waals surface area (Å²) in [5, 5.41) is 4.30. The molecule has 0 spiro atoms. The fourth-order valence-corrected chi connectivity index (χ4v) is 3.46. The third-order valence-electron chi connectivity index (χ3n) is 4.24. The van der Waals surface area contributed by atoms with Crippen molar-refractivity contribution in [1.82, 2.24) is 5.32 Å². The molecule has 25 heavy (non-hydrogen) atoms. The molecule has 3 rings (SSSR count). The molecule has 0 aliphatic carbocycles. The fraction of sp³-hybridized carbons (Fsp3) is 0.333. The Balaban J connectivity index is 1.97. The lowest BCUT2D eigenvalue weighted by Gasteiger charge is -2.28. The summed E-state index contributed by atoms with van der Waals surface area (Å²) in [6, 6.07) is 14.3. The van der Waals surface area contributed by atoms with Crippen molar-refractivity contribution < 1.29 is 9.47 Å². The lowest BCUT2D eigenvalue weighted by molar-refractivity contribution is 0.286. The van der Waals surface area contributed by atoms with E-state index in [1.807, 2.05) is 38.1 Å². The minimum absolute atomic E-state index is 0.0273. The molecule has 0 bridgehead atoms. The Labute approximate surface area is 154 Å². The summed E-state index contributed by atoms with van der Waals surface area (Å²) in [6.07, 6.45) is 2.97. The smallest absolute Gasteiger partial charge is 0.161 e. The largest absolute Gasteiger partial charge is 0.490 e. The highest BCUT2D eigenvalue weighted by Crippen LogP contribution is 2.39. The number of benzene rings is 2. The average molecular weight is 358 g/mol. The Morgan fingerprint density at radius 2 is 1.80 bits per heavy atom. The molecule has 0 amide bonds. The first-order valence-electron chi connectivity index (χ1n) is 8.80. The number of nitrogens with one attached hydrogen (secondary N) is 1. The van der Waals surface area contributed by atoms with Crippen molar-refractivity contribution in [3.05, 3.63) is 64.2 Å². The van der Waals surface area contributed by atoms with Gasteiger partial charge in [-0.3, -0.25) is 0 Å². The van der Waals surface area contributed by atoms with Gasteiger partial charge in [-0.15, -0.1) is 0 Å². The Morgan fingerprint density at radius 1 is 1.12 bits per heavy atom. The van der Waals surface area contributed by atoms with Crippen LogP contribution in [0.4, 0.5) is 0 Å². The summed E-state index contributed by atoms with van der Waals surface area (Å²) in [4.78, 5) is 0. The molecule has 132 valence electrons. The predicted octanol–water partition coefficient (Wildman–Crippen LogP) is 4.95. The van der Waals surface area contributed by atoms with Crippen molar-refractivity contribution in [1.29, 1.82) is 0 Å². The molecule has 2 aromatic rings. The third-order valence-corrected chi connectivity index (χ3v) is 4.57. The van der Waals surface area contributed by atoms with E-state index in [4.69, 9.17) is 21.1 Å². The van der Waals surface area contributed by atoms with E-state index in [2.05, 4.69) is 29.6 Å². The van der Waals surface area contributed by atoms with Gasteiger partial charge in [0.2, 0.25) is 0 Å². The SMILES string of the molecule is CCOc1cc2c(cc1OCC)[C@H](/C(Cl)=C/c1ccccc1)NCC2. The highest BCUT2D eigenvalue weighted by Gasteiger charge is 2.25. The zero-order chi connectivity index (χ0) is 17.6. The number of rotatable bonds is 6. The van der Waals surface area contributed by atoms with E-state index in [0.717, 1.165) is 40.6 Å². The third kappa shape index (κ3) is 4.17. The molecule has 0 saturated carbocycles. The molecular formula is C21H24ClNO2. The molecule has 1 aliphatic rings. The van der Waals surface area contributed by atoms with Crippen LogP contribution in [0.15, 0.2) is 47.5 Å². The van der Waals surface area contributed by atoms with Gasteiger partial charge in [0, 0.05) is 11.6 Å². The molecule has 1 heterocycles. The summed E-state index contributed by atoms with van der Waals surface area (Å²) in [5.41, 5.74) is 3.52. The minimum atomic E-state index is -0.0273. The first-order chi connectivity index (χ1) is 12.2. The number of ether oxygens (including phenoxy) is 2. The second-order valence-electron chi connectivity index (χ2n) is 5.94. The number of halogens is 1. The molecular weight excluding hydrogens is 334 g/mol. The van der Waals surface area contributed by atoms with Crippen molar-refractivity contribution in [2.45, 2.75) is 26.3 Å². The van der Waals surface area contributed by atoms with Crippen molar-refractivity contribution in [2.75, 3.05) is 19.8 Å². The van der Waals surface area contributed by atoms with Crippen LogP contribution in [-0.2, 0) is 6.42 Å². The molecule has 0 radical (unpaired) electrons. The number of hydrogen-bond donors (Lipinski definition) is 1. The number of fused-ring (bicyclic) bond motifs is 1. The van der Waals surface area contributed by atoms with E-state index in [0.29, 0.717) is 13.2 Å².